The van der Waals surface area contributed by atoms with Gasteiger partial charge in [0.15, 0.2) is 0 Å². The van der Waals surface area contributed by atoms with E-state index < -0.39 is 0 Å². The summed E-state index contributed by atoms with van der Waals surface area (Å²) in [5.74, 6) is 2.68. The molecule has 0 atom stereocenters. The van der Waals surface area contributed by atoms with Crippen molar-refractivity contribution in [3.63, 3.8) is 0 Å². The van der Waals surface area contributed by atoms with Crippen LogP contribution in [0, 0.1) is 12.3 Å². The number of aromatic nitrogens is 1. The molecule has 0 saturated carbocycles. The second-order valence-electron chi connectivity index (χ2n) is 4.75. The minimum absolute atomic E-state index is 0.681. The second-order valence-corrected chi connectivity index (χ2v) is 4.75. The third kappa shape index (κ3) is 3.88. The Hall–Kier alpha value is -1.72. The van der Waals surface area contributed by atoms with Crippen LogP contribution >= 0.6 is 0 Å². The van der Waals surface area contributed by atoms with Gasteiger partial charge in [-0.2, -0.15) is 0 Å². The standard InChI is InChI=1S/C16H20N2.C2H6/c1-4-8-13-14-9-6-7-10-15(14)17-16(13)12-18(3)11-5-2;1-2/h2,6-7,9-10,17H,4,8,11-12H2,1,3H3;1-2H3. The molecule has 0 amide bonds. The lowest BCUT2D eigenvalue weighted by Crippen LogP contribution is -2.18. The highest BCUT2D eigenvalue weighted by atomic mass is 15.1. The van der Waals surface area contributed by atoms with Gasteiger partial charge in [-0.25, -0.2) is 0 Å². The number of benzene rings is 1. The van der Waals surface area contributed by atoms with Crippen LogP contribution in [-0.4, -0.2) is 23.5 Å². The van der Waals surface area contributed by atoms with Crippen molar-refractivity contribution >= 4 is 10.9 Å². The Bertz CT molecular complexity index is 560. The molecule has 0 aliphatic heterocycles. The largest absolute Gasteiger partial charge is 0.357 e. The molecule has 2 heteroatoms. The van der Waals surface area contributed by atoms with E-state index in [2.05, 4.69) is 54.0 Å². The molecule has 2 rings (SSSR count). The van der Waals surface area contributed by atoms with E-state index in [-0.39, 0.29) is 0 Å². The van der Waals surface area contributed by atoms with E-state index >= 15 is 0 Å². The number of nitrogens with zero attached hydrogens (tertiary/aromatic N) is 1. The Labute approximate surface area is 123 Å². The zero-order chi connectivity index (χ0) is 15.0. The van der Waals surface area contributed by atoms with Gasteiger partial charge >= 0.3 is 0 Å². The number of rotatable bonds is 5. The molecule has 0 unspecified atom stereocenters. The minimum atomic E-state index is 0.681. The first kappa shape index (κ1) is 16.3. The van der Waals surface area contributed by atoms with E-state index in [1.165, 1.54) is 22.2 Å². The van der Waals surface area contributed by atoms with Gasteiger partial charge in [0.1, 0.15) is 0 Å². The van der Waals surface area contributed by atoms with Crippen molar-refractivity contribution in [3.8, 4) is 12.3 Å². The lowest BCUT2D eigenvalue weighted by molar-refractivity contribution is 0.364. The molecule has 1 aromatic heterocycles. The maximum Gasteiger partial charge on any atom is 0.0599 e. The summed E-state index contributed by atoms with van der Waals surface area (Å²) in [5.41, 5.74) is 3.97. The molecule has 0 spiro atoms. The molecule has 1 heterocycles. The van der Waals surface area contributed by atoms with Gasteiger partial charge in [0.2, 0.25) is 0 Å². The molecule has 0 bridgehead atoms. The SMILES string of the molecule is C#CCN(C)Cc1[nH]c2ccccc2c1CCC.CC. The first-order chi connectivity index (χ1) is 9.76. The van der Waals surface area contributed by atoms with Crippen molar-refractivity contribution in [2.75, 3.05) is 13.6 Å². The molecule has 108 valence electrons. The number of para-hydroxylation sites is 1. The number of hydrogen-bond donors (Lipinski definition) is 1. The number of fused-ring (bicyclic) bond motifs is 1. The third-order valence-electron chi connectivity index (χ3n) is 3.19. The Kier molecular flexibility index (Phi) is 6.90. The molecule has 0 aliphatic carbocycles. The van der Waals surface area contributed by atoms with Gasteiger partial charge in [0.05, 0.1) is 6.54 Å². The van der Waals surface area contributed by atoms with E-state index in [1.807, 2.05) is 13.8 Å². The lowest BCUT2D eigenvalue weighted by Gasteiger charge is -2.13. The second kappa shape index (κ2) is 8.45. The normalized spacial score (nSPS) is 10.2. The van der Waals surface area contributed by atoms with E-state index in [1.54, 1.807) is 0 Å². The van der Waals surface area contributed by atoms with E-state index in [4.69, 9.17) is 6.42 Å². The van der Waals surface area contributed by atoms with Gasteiger partial charge in [0, 0.05) is 23.1 Å². The van der Waals surface area contributed by atoms with Crippen molar-refractivity contribution in [2.45, 2.75) is 40.2 Å². The summed E-state index contributed by atoms with van der Waals surface area (Å²) in [6.07, 6.45) is 7.63. The van der Waals surface area contributed by atoms with Crippen LogP contribution in [0.5, 0.6) is 0 Å². The fourth-order valence-electron chi connectivity index (χ4n) is 2.41. The number of nitrogens with one attached hydrogen (secondary N) is 1. The topological polar surface area (TPSA) is 19.0 Å². The van der Waals surface area contributed by atoms with Crippen LogP contribution in [0.1, 0.15) is 38.4 Å². The fourth-order valence-corrected chi connectivity index (χ4v) is 2.41. The maximum atomic E-state index is 5.35. The van der Waals surface area contributed by atoms with Gasteiger partial charge < -0.3 is 4.98 Å². The monoisotopic (exact) mass is 270 g/mol. The van der Waals surface area contributed by atoms with Crippen molar-refractivity contribution in [3.05, 3.63) is 35.5 Å². The van der Waals surface area contributed by atoms with Crippen LogP contribution in [0.3, 0.4) is 0 Å². The molecule has 2 aromatic rings. The molecular formula is C18H26N2. The summed E-state index contributed by atoms with van der Waals surface area (Å²) in [6, 6.07) is 8.51. The molecule has 0 aliphatic rings. The predicted molar refractivity (Wildman–Crippen MR) is 88.8 cm³/mol. The summed E-state index contributed by atoms with van der Waals surface area (Å²) < 4.78 is 0. The zero-order valence-electron chi connectivity index (χ0n) is 13.2. The Balaban J connectivity index is 0.000000956. The van der Waals surface area contributed by atoms with Crippen molar-refractivity contribution < 1.29 is 0 Å². The molecule has 1 N–H and O–H groups in total. The average molecular weight is 270 g/mol. The van der Waals surface area contributed by atoms with Gasteiger partial charge in [-0.1, -0.05) is 51.3 Å². The molecular weight excluding hydrogens is 244 g/mol. The summed E-state index contributed by atoms with van der Waals surface area (Å²) in [5, 5.41) is 1.35. The third-order valence-corrected chi connectivity index (χ3v) is 3.19. The predicted octanol–water partition coefficient (Wildman–Crippen LogP) is 4.21. The van der Waals surface area contributed by atoms with Crippen LogP contribution in [0.15, 0.2) is 24.3 Å². The molecule has 2 nitrogen and oxygen atoms in total. The highest BCUT2D eigenvalue weighted by Crippen LogP contribution is 2.24. The smallest absolute Gasteiger partial charge is 0.0599 e. The van der Waals surface area contributed by atoms with Crippen LogP contribution < -0.4 is 0 Å². The van der Waals surface area contributed by atoms with E-state index in [9.17, 15) is 0 Å². The van der Waals surface area contributed by atoms with Gasteiger partial charge in [0.25, 0.3) is 0 Å². The van der Waals surface area contributed by atoms with E-state index in [0.29, 0.717) is 6.54 Å². The number of aryl methyl sites for hydroxylation is 1. The Morgan fingerprint density at radius 1 is 1.25 bits per heavy atom. The molecule has 20 heavy (non-hydrogen) atoms. The number of aromatic amines is 1. The number of terminal acetylenes is 1. The van der Waals surface area contributed by atoms with Gasteiger partial charge in [-0.05, 0) is 25.1 Å². The van der Waals surface area contributed by atoms with Gasteiger partial charge in [-0.15, -0.1) is 6.42 Å². The van der Waals surface area contributed by atoms with Crippen molar-refractivity contribution in [1.82, 2.24) is 9.88 Å². The lowest BCUT2D eigenvalue weighted by atomic mass is 10.1. The van der Waals surface area contributed by atoms with Gasteiger partial charge in [-0.3, -0.25) is 4.90 Å². The summed E-state index contributed by atoms with van der Waals surface area (Å²) in [4.78, 5) is 5.68. The molecule has 0 saturated heterocycles. The molecule has 1 aromatic carbocycles. The van der Waals surface area contributed by atoms with Crippen molar-refractivity contribution in [2.24, 2.45) is 0 Å². The highest BCUT2D eigenvalue weighted by Gasteiger charge is 2.11. The van der Waals surface area contributed by atoms with Crippen molar-refractivity contribution in [1.29, 1.82) is 0 Å². The molecule has 0 fully saturated rings. The summed E-state index contributed by atoms with van der Waals surface area (Å²) in [7, 11) is 2.06. The Morgan fingerprint density at radius 2 is 1.95 bits per heavy atom. The minimum Gasteiger partial charge on any atom is -0.357 e. The van der Waals surface area contributed by atoms with Crippen LogP contribution in [0.2, 0.25) is 0 Å². The number of H-pyrrole nitrogens is 1. The highest BCUT2D eigenvalue weighted by molar-refractivity contribution is 5.84. The molecule has 0 radical (unpaired) electrons. The number of hydrogen-bond acceptors (Lipinski definition) is 1. The van der Waals surface area contributed by atoms with Crippen LogP contribution in [0.25, 0.3) is 10.9 Å². The average Bonchev–Trinajstić information content (AvgIpc) is 2.80. The van der Waals surface area contributed by atoms with Crippen LogP contribution in [0.4, 0.5) is 0 Å². The summed E-state index contributed by atoms with van der Waals surface area (Å²) >= 11 is 0. The first-order valence-corrected chi connectivity index (χ1v) is 7.46. The quantitative estimate of drug-likeness (QED) is 0.806. The maximum absolute atomic E-state index is 5.35. The fraction of sp³-hybridized carbons (Fsp3) is 0.444. The zero-order valence-corrected chi connectivity index (χ0v) is 13.2. The van der Waals surface area contributed by atoms with E-state index in [0.717, 1.165) is 19.4 Å². The summed E-state index contributed by atoms with van der Waals surface area (Å²) in [6.45, 7) is 7.78. The van der Waals surface area contributed by atoms with Crippen LogP contribution in [-0.2, 0) is 13.0 Å². The first-order valence-electron chi connectivity index (χ1n) is 7.46. The Morgan fingerprint density at radius 3 is 2.60 bits per heavy atom.